The van der Waals surface area contributed by atoms with Crippen molar-refractivity contribution in [3.05, 3.63) is 33.2 Å². The van der Waals surface area contributed by atoms with Gasteiger partial charge in [-0.05, 0) is 33.2 Å². The fourth-order valence-corrected chi connectivity index (χ4v) is 3.71. The molecule has 114 valence electrons. The van der Waals surface area contributed by atoms with E-state index in [0.29, 0.717) is 12.6 Å². The predicted octanol–water partition coefficient (Wildman–Crippen LogP) is 2.07. The highest BCUT2D eigenvalue weighted by Crippen LogP contribution is 2.15. The third kappa shape index (κ3) is 3.33. The fraction of sp³-hybridized carbons (Fsp3) is 0.600. The molecule has 0 saturated carbocycles. The third-order valence-corrected chi connectivity index (χ3v) is 4.79. The van der Waals surface area contributed by atoms with Crippen LogP contribution in [0.15, 0.2) is 16.2 Å². The van der Waals surface area contributed by atoms with E-state index in [-0.39, 0.29) is 5.56 Å². The van der Waals surface area contributed by atoms with E-state index in [4.69, 9.17) is 4.74 Å². The van der Waals surface area contributed by atoms with E-state index in [1.54, 1.807) is 10.5 Å². The first kappa shape index (κ1) is 14.7. The lowest BCUT2D eigenvalue weighted by molar-refractivity contribution is -0.00274. The van der Waals surface area contributed by atoms with Crippen LogP contribution in [0.1, 0.15) is 30.7 Å². The summed E-state index contributed by atoms with van der Waals surface area (Å²) in [6.45, 7) is 4.38. The molecule has 0 N–H and O–H groups in total. The molecule has 0 aliphatic carbocycles. The van der Waals surface area contributed by atoms with Gasteiger partial charge in [-0.25, -0.2) is 4.98 Å². The second-order valence-corrected chi connectivity index (χ2v) is 6.60. The van der Waals surface area contributed by atoms with Crippen molar-refractivity contribution in [1.82, 2.24) is 14.3 Å². The van der Waals surface area contributed by atoms with E-state index >= 15 is 0 Å². The molecule has 1 saturated heterocycles. The Kier molecular flexibility index (Phi) is 4.37. The van der Waals surface area contributed by atoms with Crippen molar-refractivity contribution in [3.8, 4) is 0 Å². The Morgan fingerprint density at radius 1 is 1.52 bits per heavy atom. The van der Waals surface area contributed by atoms with Crippen LogP contribution in [0.3, 0.4) is 0 Å². The van der Waals surface area contributed by atoms with Crippen molar-refractivity contribution in [2.75, 3.05) is 20.2 Å². The van der Waals surface area contributed by atoms with Crippen LogP contribution in [-0.2, 0) is 11.3 Å². The highest BCUT2D eigenvalue weighted by atomic mass is 32.1. The smallest absolute Gasteiger partial charge is 0.259 e. The summed E-state index contributed by atoms with van der Waals surface area (Å²) in [7, 11) is 2.06. The average Bonchev–Trinajstić information content (AvgIpc) is 2.81. The number of hydrogen-bond donors (Lipinski definition) is 0. The number of likely N-dealkylation sites (N-methyl/N-ethyl adjacent to an activating group) is 1. The zero-order valence-electron chi connectivity index (χ0n) is 12.5. The lowest BCUT2D eigenvalue weighted by Gasteiger charge is -2.27. The van der Waals surface area contributed by atoms with Gasteiger partial charge >= 0.3 is 0 Å². The summed E-state index contributed by atoms with van der Waals surface area (Å²) in [6, 6.07) is 1.64. The quantitative estimate of drug-likeness (QED) is 0.867. The molecular formula is C15H21N3O2S. The lowest BCUT2D eigenvalue weighted by atomic mass is 10.1. The van der Waals surface area contributed by atoms with Crippen LogP contribution in [0.4, 0.5) is 0 Å². The second kappa shape index (κ2) is 6.25. The largest absolute Gasteiger partial charge is 0.377 e. The first-order valence-electron chi connectivity index (χ1n) is 7.40. The zero-order chi connectivity index (χ0) is 14.8. The molecule has 1 aliphatic rings. The molecule has 0 aromatic carbocycles. The summed E-state index contributed by atoms with van der Waals surface area (Å²) in [4.78, 5) is 19.7. The Hall–Kier alpha value is -1.24. The van der Waals surface area contributed by atoms with Gasteiger partial charge in [0.15, 0.2) is 4.96 Å². The maximum atomic E-state index is 12.1. The van der Waals surface area contributed by atoms with Crippen LogP contribution in [-0.4, -0.2) is 40.6 Å². The first-order valence-corrected chi connectivity index (χ1v) is 8.28. The summed E-state index contributed by atoms with van der Waals surface area (Å²) in [5.41, 5.74) is 1.79. The number of fused-ring (bicyclic) bond motifs is 1. The Morgan fingerprint density at radius 2 is 2.38 bits per heavy atom. The molecular weight excluding hydrogens is 286 g/mol. The minimum Gasteiger partial charge on any atom is -0.377 e. The molecule has 2 aromatic rings. The van der Waals surface area contributed by atoms with E-state index in [2.05, 4.69) is 16.9 Å². The molecule has 0 unspecified atom stereocenters. The van der Waals surface area contributed by atoms with Gasteiger partial charge in [-0.3, -0.25) is 14.1 Å². The van der Waals surface area contributed by atoms with Crippen LogP contribution in [0.2, 0.25) is 0 Å². The van der Waals surface area contributed by atoms with Crippen molar-refractivity contribution in [2.24, 2.45) is 0 Å². The van der Waals surface area contributed by atoms with Gasteiger partial charge in [0.25, 0.3) is 5.56 Å². The molecule has 0 spiro atoms. The highest BCUT2D eigenvalue weighted by molar-refractivity contribution is 7.15. The minimum atomic E-state index is 0.0102. The number of aryl methyl sites for hydroxylation is 1. The summed E-state index contributed by atoms with van der Waals surface area (Å²) >= 11 is 1.51. The summed E-state index contributed by atoms with van der Waals surface area (Å²) in [5.74, 6) is 0. The van der Waals surface area contributed by atoms with E-state index in [1.165, 1.54) is 24.2 Å². The number of ether oxygens (including phenoxy) is 1. The topological polar surface area (TPSA) is 46.8 Å². The Bertz CT molecular complexity index is 673. The van der Waals surface area contributed by atoms with E-state index in [9.17, 15) is 4.79 Å². The van der Waals surface area contributed by atoms with Gasteiger partial charge in [-0.1, -0.05) is 0 Å². The average molecular weight is 307 g/mol. The standard InChI is InChI=1S/C15H21N3O2S/c1-11-10-21-15-16-12(7-14(19)18(11)15)8-17(2)9-13-5-3-4-6-20-13/h7,10,13H,3-6,8-9H2,1-2H3/t13-/m0/s1. The van der Waals surface area contributed by atoms with Gasteiger partial charge in [0.05, 0.1) is 11.8 Å². The molecule has 5 nitrogen and oxygen atoms in total. The van der Waals surface area contributed by atoms with Crippen molar-refractivity contribution in [1.29, 1.82) is 0 Å². The molecule has 1 fully saturated rings. The molecule has 21 heavy (non-hydrogen) atoms. The Labute approximate surface area is 128 Å². The van der Waals surface area contributed by atoms with E-state index in [1.807, 2.05) is 12.3 Å². The summed E-state index contributed by atoms with van der Waals surface area (Å²) < 4.78 is 7.42. The highest BCUT2D eigenvalue weighted by Gasteiger charge is 2.16. The second-order valence-electron chi connectivity index (χ2n) is 5.77. The molecule has 3 rings (SSSR count). The van der Waals surface area contributed by atoms with Crippen LogP contribution in [0.5, 0.6) is 0 Å². The molecule has 1 atom stereocenters. The number of nitrogens with zero attached hydrogens (tertiary/aromatic N) is 3. The third-order valence-electron chi connectivity index (χ3n) is 3.85. The summed E-state index contributed by atoms with van der Waals surface area (Å²) in [6.07, 6.45) is 3.87. The van der Waals surface area contributed by atoms with Gasteiger partial charge in [0, 0.05) is 36.8 Å². The van der Waals surface area contributed by atoms with Gasteiger partial charge < -0.3 is 4.74 Å². The normalized spacial score (nSPS) is 19.5. The fourth-order valence-electron chi connectivity index (χ4n) is 2.82. The molecule has 0 radical (unpaired) electrons. The van der Waals surface area contributed by atoms with E-state index < -0.39 is 0 Å². The van der Waals surface area contributed by atoms with Crippen molar-refractivity contribution >= 4 is 16.3 Å². The molecule has 1 aliphatic heterocycles. The van der Waals surface area contributed by atoms with E-state index in [0.717, 1.165) is 35.9 Å². The van der Waals surface area contributed by atoms with Crippen LogP contribution < -0.4 is 5.56 Å². The molecule has 6 heteroatoms. The maximum absolute atomic E-state index is 12.1. The minimum absolute atomic E-state index is 0.0102. The summed E-state index contributed by atoms with van der Waals surface area (Å²) in [5, 5.41) is 1.97. The van der Waals surface area contributed by atoms with Gasteiger partial charge in [-0.15, -0.1) is 11.3 Å². The number of aromatic nitrogens is 2. The van der Waals surface area contributed by atoms with Crippen LogP contribution in [0.25, 0.3) is 4.96 Å². The molecule has 3 heterocycles. The molecule has 0 amide bonds. The SMILES string of the molecule is Cc1csc2nc(CN(C)C[C@@H]3CCCCO3)cc(=O)n12. The van der Waals surface area contributed by atoms with Crippen molar-refractivity contribution in [2.45, 2.75) is 38.8 Å². The predicted molar refractivity (Wildman–Crippen MR) is 84.0 cm³/mol. The zero-order valence-corrected chi connectivity index (χ0v) is 13.4. The van der Waals surface area contributed by atoms with Crippen LogP contribution >= 0.6 is 11.3 Å². The number of thiazole rings is 1. The van der Waals surface area contributed by atoms with Gasteiger partial charge in [-0.2, -0.15) is 0 Å². The molecule has 2 aromatic heterocycles. The van der Waals surface area contributed by atoms with Crippen molar-refractivity contribution in [3.63, 3.8) is 0 Å². The number of hydrogen-bond acceptors (Lipinski definition) is 5. The maximum Gasteiger partial charge on any atom is 0.259 e. The Morgan fingerprint density at radius 3 is 3.14 bits per heavy atom. The monoisotopic (exact) mass is 307 g/mol. The first-order chi connectivity index (χ1) is 10.1. The van der Waals surface area contributed by atoms with Crippen LogP contribution in [0, 0.1) is 6.92 Å². The van der Waals surface area contributed by atoms with Crippen molar-refractivity contribution < 1.29 is 4.74 Å². The Balaban J connectivity index is 1.70. The van der Waals surface area contributed by atoms with Gasteiger partial charge in [0.2, 0.25) is 0 Å². The number of rotatable bonds is 4. The van der Waals surface area contributed by atoms with Gasteiger partial charge in [0.1, 0.15) is 0 Å². The lowest BCUT2D eigenvalue weighted by Crippen LogP contribution is -2.33. The molecule has 0 bridgehead atoms.